The van der Waals surface area contributed by atoms with E-state index >= 15 is 0 Å². The molecule has 3 N–H and O–H groups in total. The van der Waals surface area contributed by atoms with Gasteiger partial charge in [0, 0.05) is 0 Å². The van der Waals surface area contributed by atoms with Crippen LogP contribution < -0.4 is 5.46 Å². The fourth-order valence-corrected chi connectivity index (χ4v) is 1.89. The summed E-state index contributed by atoms with van der Waals surface area (Å²) in [7, 11) is -1.71. The molecule has 0 aliphatic carbocycles. The molecule has 0 heterocycles. The molecule has 0 aliphatic rings. The van der Waals surface area contributed by atoms with Crippen molar-refractivity contribution in [3.8, 4) is 11.1 Å². The van der Waals surface area contributed by atoms with E-state index in [-0.39, 0.29) is 11.0 Å². The molecule has 0 unspecified atom stereocenters. The smallest absolute Gasteiger partial charge is 0.478 e. The lowest BCUT2D eigenvalue weighted by molar-refractivity contribution is 0.0698. The molecular formula is C13H11BO4. The number of hydrogen-bond acceptors (Lipinski definition) is 3. The van der Waals surface area contributed by atoms with Crippen LogP contribution in [0.3, 0.4) is 0 Å². The Labute approximate surface area is 104 Å². The molecule has 2 aromatic rings. The predicted octanol–water partition coefficient (Wildman–Crippen LogP) is 0.732. The number of carboxylic acids is 1. The first-order chi connectivity index (χ1) is 8.61. The number of rotatable bonds is 3. The van der Waals surface area contributed by atoms with E-state index in [4.69, 9.17) is 5.11 Å². The summed E-state index contributed by atoms with van der Waals surface area (Å²) in [4.78, 5) is 11.2. The molecule has 0 amide bonds. The van der Waals surface area contributed by atoms with E-state index in [1.165, 1.54) is 18.2 Å². The molecule has 0 bridgehead atoms. The number of carboxylic acid groups (broad SMARTS) is 1. The molecule has 4 nitrogen and oxygen atoms in total. The van der Waals surface area contributed by atoms with Crippen LogP contribution in [-0.4, -0.2) is 28.2 Å². The number of hydrogen-bond donors (Lipinski definition) is 3. The normalized spacial score (nSPS) is 10.1. The van der Waals surface area contributed by atoms with Gasteiger partial charge in [-0.15, -0.1) is 0 Å². The van der Waals surface area contributed by atoms with Gasteiger partial charge in [-0.25, -0.2) is 4.79 Å². The van der Waals surface area contributed by atoms with Crippen molar-refractivity contribution in [3.63, 3.8) is 0 Å². The molecule has 0 aromatic heterocycles. The quantitative estimate of drug-likeness (QED) is 0.693. The van der Waals surface area contributed by atoms with Crippen LogP contribution in [0, 0.1) is 0 Å². The number of carbonyl (C=O) groups is 1. The summed E-state index contributed by atoms with van der Waals surface area (Å²) >= 11 is 0. The predicted molar refractivity (Wildman–Crippen MR) is 68.7 cm³/mol. The van der Waals surface area contributed by atoms with Crippen LogP contribution in [0.1, 0.15) is 10.4 Å². The molecule has 0 atom stereocenters. The highest BCUT2D eigenvalue weighted by molar-refractivity contribution is 6.60. The lowest BCUT2D eigenvalue weighted by Gasteiger charge is -2.12. The van der Waals surface area contributed by atoms with Crippen molar-refractivity contribution in [2.45, 2.75) is 0 Å². The Morgan fingerprint density at radius 3 is 2.17 bits per heavy atom. The Hall–Kier alpha value is -2.11. The van der Waals surface area contributed by atoms with Crippen LogP contribution in [0.4, 0.5) is 0 Å². The summed E-state index contributed by atoms with van der Waals surface area (Å²) < 4.78 is 0. The van der Waals surface area contributed by atoms with Gasteiger partial charge < -0.3 is 15.2 Å². The van der Waals surface area contributed by atoms with Gasteiger partial charge in [0.25, 0.3) is 0 Å². The first-order valence-electron chi connectivity index (χ1n) is 5.39. The minimum absolute atomic E-state index is 0.0480. The third kappa shape index (κ3) is 2.27. The molecule has 0 aliphatic heterocycles. The highest BCUT2D eigenvalue weighted by Crippen LogP contribution is 2.22. The number of aromatic carboxylic acids is 1. The third-order valence-electron chi connectivity index (χ3n) is 2.67. The van der Waals surface area contributed by atoms with Crippen molar-refractivity contribution in [2.75, 3.05) is 0 Å². The highest BCUT2D eigenvalue weighted by atomic mass is 16.4. The molecule has 2 rings (SSSR count). The molecule has 0 spiro atoms. The zero-order valence-electron chi connectivity index (χ0n) is 9.45. The summed E-state index contributed by atoms with van der Waals surface area (Å²) in [5.74, 6) is -1.10. The minimum Gasteiger partial charge on any atom is -0.478 e. The zero-order valence-corrected chi connectivity index (χ0v) is 9.45. The molecule has 0 saturated carbocycles. The fraction of sp³-hybridized carbons (Fsp3) is 0. The summed E-state index contributed by atoms with van der Waals surface area (Å²) in [6.45, 7) is 0. The van der Waals surface area contributed by atoms with Crippen LogP contribution in [0.25, 0.3) is 11.1 Å². The average molecular weight is 242 g/mol. The van der Waals surface area contributed by atoms with Crippen molar-refractivity contribution in [3.05, 3.63) is 54.1 Å². The van der Waals surface area contributed by atoms with Crippen LogP contribution in [-0.2, 0) is 0 Å². The van der Waals surface area contributed by atoms with Gasteiger partial charge in [0.05, 0.1) is 5.56 Å². The van der Waals surface area contributed by atoms with E-state index in [1.54, 1.807) is 24.3 Å². The molecule has 5 heteroatoms. The zero-order chi connectivity index (χ0) is 13.1. The van der Waals surface area contributed by atoms with Crippen molar-refractivity contribution < 1.29 is 19.9 Å². The SMILES string of the molecule is O=C(O)c1cccc(B(O)O)c1-c1ccccc1. The Kier molecular flexibility index (Phi) is 3.46. The van der Waals surface area contributed by atoms with Gasteiger partial charge in [-0.1, -0.05) is 42.5 Å². The fourth-order valence-electron chi connectivity index (χ4n) is 1.89. The minimum atomic E-state index is -1.71. The van der Waals surface area contributed by atoms with Crippen molar-refractivity contribution in [2.24, 2.45) is 0 Å². The van der Waals surface area contributed by atoms with E-state index in [0.717, 1.165) is 0 Å². The van der Waals surface area contributed by atoms with E-state index in [2.05, 4.69) is 0 Å². The first kappa shape index (κ1) is 12.4. The Morgan fingerprint density at radius 1 is 0.944 bits per heavy atom. The summed E-state index contributed by atoms with van der Waals surface area (Å²) in [6, 6.07) is 13.2. The van der Waals surface area contributed by atoms with Gasteiger partial charge in [-0.05, 0) is 22.7 Å². The van der Waals surface area contributed by atoms with Crippen molar-refractivity contribution >= 4 is 18.6 Å². The van der Waals surface area contributed by atoms with Crippen LogP contribution >= 0.6 is 0 Å². The first-order valence-corrected chi connectivity index (χ1v) is 5.39. The van der Waals surface area contributed by atoms with E-state index in [1.807, 2.05) is 6.07 Å². The molecule has 0 saturated heterocycles. The van der Waals surface area contributed by atoms with Crippen LogP contribution in [0.5, 0.6) is 0 Å². The Morgan fingerprint density at radius 2 is 1.61 bits per heavy atom. The maximum atomic E-state index is 11.2. The third-order valence-corrected chi connectivity index (χ3v) is 2.67. The Balaban J connectivity index is 2.73. The van der Waals surface area contributed by atoms with E-state index < -0.39 is 13.1 Å². The molecule has 18 heavy (non-hydrogen) atoms. The van der Waals surface area contributed by atoms with Crippen LogP contribution in [0.2, 0.25) is 0 Å². The van der Waals surface area contributed by atoms with E-state index in [0.29, 0.717) is 11.1 Å². The maximum Gasteiger partial charge on any atom is 0.489 e. The monoisotopic (exact) mass is 242 g/mol. The standard InChI is InChI=1S/C13H11BO4/c15-13(16)10-7-4-8-11(14(17)18)12(10)9-5-2-1-3-6-9/h1-8,17-18H,(H,15,16). The Bertz CT molecular complexity index is 566. The van der Waals surface area contributed by atoms with Gasteiger partial charge in [-0.2, -0.15) is 0 Å². The van der Waals surface area contributed by atoms with Gasteiger partial charge in [0.1, 0.15) is 0 Å². The van der Waals surface area contributed by atoms with Gasteiger partial charge in [-0.3, -0.25) is 0 Å². The van der Waals surface area contributed by atoms with Crippen molar-refractivity contribution in [1.29, 1.82) is 0 Å². The average Bonchev–Trinajstić information content (AvgIpc) is 2.38. The van der Waals surface area contributed by atoms with Gasteiger partial charge in [0.2, 0.25) is 0 Å². The molecular weight excluding hydrogens is 231 g/mol. The lowest BCUT2D eigenvalue weighted by atomic mass is 9.74. The maximum absolute atomic E-state index is 11.2. The second kappa shape index (κ2) is 5.04. The van der Waals surface area contributed by atoms with Gasteiger partial charge >= 0.3 is 13.1 Å². The topological polar surface area (TPSA) is 77.8 Å². The summed E-state index contributed by atoms with van der Waals surface area (Å²) in [5.41, 5.74) is 1.20. The molecule has 0 fully saturated rings. The van der Waals surface area contributed by atoms with Gasteiger partial charge in [0.15, 0.2) is 0 Å². The summed E-state index contributed by atoms with van der Waals surface area (Å²) in [6.07, 6.45) is 0. The second-order valence-corrected chi connectivity index (χ2v) is 3.81. The molecule has 0 radical (unpaired) electrons. The number of benzene rings is 2. The molecule has 2 aromatic carbocycles. The second-order valence-electron chi connectivity index (χ2n) is 3.81. The van der Waals surface area contributed by atoms with E-state index in [9.17, 15) is 14.8 Å². The summed E-state index contributed by atoms with van der Waals surface area (Å²) in [5, 5.41) is 27.8. The molecule has 90 valence electrons. The van der Waals surface area contributed by atoms with Crippen LogP contribution in [0.15, 0.2) is 48.5 Å². The lowest BCUT2D eigenvalue weighted by Crippen LogP contribution is -2.32. The van der Waals surface area contributed by atoms with Crippen molar-refractivity contribution in [1.82, 2.24) is 0 Å². The largest absolute Gasteiger partial charge is 0.489 e. The highest BCUT2D eigenvalue weighted by Gasteiger charge is 2.22.